The average Bonchev–Trinajstić information content (AvgIpc) is 2.36. The lowest BCUT2D eigenvalue weighted by Gasteiger charge is -2.44. The second kappa shape index (κ2) is 6.60. The molecule has 1 heterocycles. The first-order valence-corrected chi connectivity index (χ1v) is 7.82. The molecular weight excluding hydrogens is 301 g/mol. The van der Waals surface area contributed by atoms with Crippen molar-refractivity contribution >= 4 is 28.9 Å². The lowest BCUT2D eigenvalue weighted by atomic mass is 9.93. The standard InChI is InChI=1S/C16H22FN3OS/c1-11-10-16(2,3)19-15(22)20(11)8-7-14(21)18-13-6-4-5-12(17)9-13/h4-6,9,11H,7-8,10H2,1-3H3,(H,18,21)(H,19,22)/t11-/m0/s1. The van der Waals surface area contributed by atoms with E-state index in [0.717, 1.165) is 6.42 Å². The molecule has 1 aliphatic heterocycles. The summed E-state index contributed by atoms with van der Waals surface area (Å²) < 4.78 is 13.1. The molecule has 1 aromatic rings. The third-order valence-corrected chi connectivity index (χ3v) is 4.07. The van der Waals surface area contributed by atoms with Crippen molar-refractivity contribution in [3.05, 3.63) is 30.1 Å². The first kappa shape index (κ1) is 16.7. The Hall–Kier alpha value is -1.69. The average molecular weight is 323 g/mol. The van der Waals surface area contributed by atoms with E-state index < -0.39 is 0 Å². The van der Waals surface area contributed by atoms with E-state index in [1.54, 1.807) is 12.1 Å². The summed E-state index contributed by atoms with van der Waals surface area (Å²) in [5.41, 5.74) is 0.454. The minimum atomic E-state index is -0.366. The number of thiocarbonyl (C=S) groups is 1. The van der Waals surface area contributed by atoms with Gasteiger partial charge in [-0.1, -0.05) is 6.07 Å². The number of nitrogens with one attached hydrogen (secondary N) is 2. The van der Waals surface area contributed by atoms with Crippen LogP contribution in [0.4, 0.5) is 10.1 Å². The zero-order valence-corrected chi connectivity index (χ0v) is 14.0. The number of amides is 1. The normalized spacial score (nSPS) is 20.5. The molecule has 1 atom stereocenters. The molecule has 6 heteroatoms. The smallest absolute Gasteiger partial charge is 0.226 e. The quantitative estimate of drug-likeness (QED) is 0.836. The molecule has 0 bridgehead atoms. The highest BCUT2D eigenvalue weighted by Crippen LogP contribution is 2.22. The minimum Gasteiger partial charge on any atom is -0.358 e. The van der Waals surface area contributed by atoms with Gasteiger partial charge in [0.25, 0.3) is 0 Å². The molecule has 0 radical (unpaired) electrons. The first-order chi connectivity index (χ1) is 10.3. The van der Waals surface area contributed by atoms with Gasteiger partial charge in [-0.25, -0.2) is 4.39 Å². The van der Waals surface area contributed by atoms with Crippen molar-refractivity contribution in [3.8, 4) is 0 Å². The van der Waals surface area contributed by atoms with Crippen molar-refractivity contribution in [2.75, 3.05) is 11.9 Å². The summed E-state index contributed by atoms with van der Waals surface area (Å²) in [5.74, 6) is -0.513. The molecule has 1 fully saturated rings. The van der Waals surface area contributed by atoms with E-state index in [9.17, 15) is 9.18 Å². The van der Waals surface area contributed by atoms with E-state index >= 15 is 0 Å². The lowest BCUT2D eigenvalue weighted by molar-refractivity contribution is -0.116. The van der Waals surface area contributed by atoms with Gasteiger partial charge in [0, 0.05) is 30.2 Å². The second-order valence-corrected chi connectivity index (χ2v) is 6.76. The van der Waals surface area contributed by atoms with Crippen LogP contribution in [0.25, 0.3) is 0 Å². The van der Waals surface area contributed by atoms with Crippen LogP contribution in [0.15, 0.2) is 24.3 Å². The Balaban J connectivity index is 1.87. The predicted molar refractivity (Wildman–Crippen MR) is 90.2 cm³/mol. The summed E-state index contributed by atoms with van der Waals surface area (Å²) in [4.78, 5) is 14.0. The number of halogens is 1. The third-order valence-electron chi connectivity index (χ3n) is 3.73. The second-order valence-electron chi connectivity index (χ2n) is 6.37. The molecule has 0 aliphatic carbocycles. The van der Waals surface area contributed by atoms with Crippen LogP contribution in [0, 0.1) is 5.82 Å². The SMILES string of the molecule is C[C@H]1CC(C)(C)NC(=S)N1CCC(=O)Nc1cccc(F)c1. The highest BCUT2D eigenvalue weighted by molar-refractivity contribution is 7.80. The zero-order chi connectivity index (χ0) is 16.3. The topological polar surface area (TPSA) is 44.4 Å². The predicted octanol–water partition coefficient (Wildman–Crippen LogP) is 2.90. The maximum Gasteiger partial charge on any atom is 0.226 e. The molecule has 0 saturated carbocycles. The molecule has 1 aromatic carbocycles. The van der Waals surface area contributed by atoms with Crippen LogP contribution < -0.4 is 10.6 Å². The van der Waals surface area contributed by atoms with Crippen LogP contribution in [0.3, 0.4) is 0 Å². The minimum absolute atomic E-state index is 0.0170. The van der Waals surface area contributed by atoms with Crippen molar-refractivity contribution in [3.63, 3.8) is 0 Å². The van der Waals surface area contributed by atoms with Crippen LogP contribution in [0.2, 0.25) is 0 Å². The van der Waals surface area contributed by atoms with Gasteiger partial charge in [-0.2, -0.15) is 0 Å². The third kappa shape index (κ3) is 4.40. The maximum atomic E-state index is 13.1. The van der Waals surface area contributed by atoms with Crippen LogP contribution in [0.5, 0.6) is 0 Å². The Kier molecular flexibility index (Phi) is 5.01. The van der Waals surface area contributed by atoms with Crippen molar-refractivity contribution in [1.82, 2.24) is 10.2 Å². The molecule has 0 aromatic heterocycles. The highest BCUT2D eigenvalue weighted by atomic mass is 32.1. The van der Waals surface area contributed by atoms with E-state index in [1.807, 2.05) is 4.90 Å². The summed E-state index contributed by atoms with van der Waals surface area (Å²) in [7, 11) is 0. The molecule has 22 heavy (non-hydrogen) atoms. The highest BCUT2D eigenvalue weighted by Gasteiger charge is 2.32. The van der Waals surface area contributed by atoms with E-state index in [-0.39, 0.29) is 23.3 Å². The van der Waals surface area contributed by atoms with Crippen molar-refractivity contribution in [1.29, 1.82) is 0 Å². The first-order valence-electron chi connectivity index (χ1n) is 7.41. The molecule has 4 nitrogen and oxygen atoms in total. The number of nitrogens with zero attached hydrogens (tertiary/aromatic N) is 1. The summed E-state index contributed by atoms with van der Waals surface area (Å²) in [6.07, 6.45) is 1.27. The van der Waals surface area contributed by atoms with Crippen LogP contribution >= 0.6 is 12.2 Å². The fourth-order valence-electron chi connectivity index (χ4n) is 2.79. The lowest BCUT2D eigenvalue weighted by Crippen LogP contribution is -2.60. The summed E-state index contributed by atoms with van der Waals surface area (Å²) in [5, 5.41) is 6.67. The molecule has 1 saturated heterocycles. The van der Waals surface area contributed by atoms with Gasteiger partial charge in [0.1, 0.15) is 5.82 Å². The molecule has 1 aliphatic rings. The van der Waals surface area contributed by atoms with Crippen LogP contribution in [-0.4, -0.2) is 34.0 Å². The van der Waals surface area contributed by atoms with Gasteiger partial charge in [-0.15, -0.1) is 0 Å². The Bertz CT molecular complexity index is 576. The Morgan fingerprint density at radius 1 is 1.55 bits per heavy atom. The van der Waals surface area contributed by atoms with E-state index in [4.69, 9.17) is 12.2 Å². The Labute approximate surface area is 136 Å². The van der Waals surface area contributed by atoms with Gasteiger partial charge >= 0.3 is 0 Å². The molecular formula is C16H22FN3OS. The number of hydrogen-bond acceptors (Lipinski definition) is 2. The van der Waals surface area contributed by atoms with Gasteiger partial charge in [0.05, 0.1) is 0 Å². The largest absolute Gasteiger partial charge is 0.358 e. The maximum absolute atomic E-state index is 13.1. The summed E-state index contributed by atoms with van der Waals surface area (Å²) in [6, 6.07) is 6.16. The van der Waals surface area contributed by atoms with Crippen molar-refractivity contribution in [2.24, 2.45) is 0 Å². The number of carbonyl (C=O) groups excluding carboxylic acids is 1. The fraction of sp³-hybridized carbons (Fsp3) is 0.500. The number of carbonyl (C=O) groups is 1. The molecule has 120 valence electrons. The van der Waals surface area contributed by atoms with Crippen molar-refractivity contribution in [2.45, 2.75) is 45.2 Å². The number of rotatable bonds is 4. The molecule has 2 N–H and O–H groups in total. The monoisotopic (exact) mass is 323 g/mol. The van der Waals surface area contributed by atoms with Gasteiger partial charge in [-0.3, -0.25) is 4.79 Å². The molecule has 1 amide bonds. The van der Waals surface area contributed by atoms with Gasteiger partial charge < -0.3 is 15.5 Å². The Morgan fingerprint density at radius 2 is 2.27 bits per heavy atom. The van der Waals surface area contributed by atoms with Crippen molar-refractivity contribution < 1.29 is 9.18 Å². The summed E-state index contributed by atoms with van der Waals surface area (Å²) in [6.45, 7) is 6.89. The molecule has 0 spiro atoms. The van der Waals surface area contributed by atoms with Crippen LogP contribution in [-0.2, 0) is 4.79 Å². The number of anilines is 1. The van der Waals surface area contributed by atoms with E-state index in [2.05, 4.69) is 31.4 Å². The van der Waals surface area contributed by atoms with Gasteiger partial charge in [-0.05, 0) is 57.6 Å². The van der Waals surface area contributed by atoms with E-state index in [1.165, 1.54) is 12.1 Å². The molecule has 2 rings (SSSR count). The fourth-order valence-corrected chi connectivity index (χ4v) is 3.34. The van der Waals surface area contributed by atoms with Gasteiger partial charge in [0.15, 0.2) is 5.11 Å². The van der Waals surface area contributed by atoms with E-state index in [0.29, 0.717) is 23.8 Å². The summed E-state index contributed by atoms with van der Waals surface area (Å²) >= 11 is 5.39. The van der Waals surface area contributed by atoms with Gasteiger partial charge in [0.2, 0.25) is 5.91 Å². The molecule has 0 unspecified atom stereocenters. The number of hydrogen-bond donors (Lipinski definition) is 2. The number of benzene rings is 1. The zero-order valence-electron chi connectivity index (χ0n) is 13.1. The van der Waals surface area contributed by atoms with Crippen LogP contribution in [0.1, 0.15) is 33.6 Å². The Morgan fingerprint density at radius 3 is 2.91 bits per heavy atom.